The molecule has 13 heteroatoms. The van der Waals surface area contributed by atoms with Crippen LogP contribution >= 0.6 is 0 Å². The van der Waals surface area contributed by atoms with E-state index >= 15 is 0 Å². The van der Waals surface area contributed by atoms with Gasteiger partial charge in [-0.25, -0.2) is 9.59 Å². The summed E-state index contributed by atoms with van der Waals surface area (Å²) < 4.78 is 79.6. The molecule has 1 aliphatic rings. The van der Waals surface area contributed by atoms with E-state index in [2.05, 4.69) is 5.32 Å². The van der Waals surface area contributed by atoms with Crippen molar-refractivity contribution in [1.29, 1.82) is 0 Å². The number of halogens is 6. The summed E-state index contributed by atoms with van der Waals surface area (Å²) in [5.41, 5.74) is -3.37. The quantitative estimate of drug-likeness (QED) is 0.327. The number of fused-ring (bicyclic) bond motifs is 1. The highest BCUT2D eigenvalue weighted by atomic mass is 19.4. The summed E-state index contributed by atoms with van der Waals surface area (Å²) in [6.45, 7) is -0.108. The minimum atomic E-state index is -5.01. The molecule has 0 fully saturated rings. The molecule has 0 aromatic heterocycles. The van der Waals surface area contributed by atoms with Gasteiger partial charge in [-0.2, -0.15) is 26.3 Å². The minimum absolute atomic E-state index is 0.0395. The van der Waals surface area contributed by atoms with Crippen molar-refractivity contribution < 1.29 is 50.9 Å². The number of hydrogen-bond donors (Lipinski definition) is 3. The number of carbonyl (C=O) groups excluding carboxylic acids is 1. The number of rotatable bonds is 6. The van der Waals surface area contributed by atoms with Gasteiger partial charge in [-0.15, -0.1) is 0 Å². The van der Waals surface area contributed by atoms with E-state index in [4.69, 9.17) is 0 Å². The molecule has 0 unspecified atom stereocenters. The zero-order valence-corrected chi connectivity index (χ0v) is 19.7. The summed E-state index contributed by atoms with van der Waals surface area (Å²) in [7, 11) is 0. The highest BCUT2D eigenvalue weighted by molar-refractivity contribution is 6.12. The molecule has 3 N–H and O–H groups in total. The number of hydrogen-bond acceptors (Lipinski definition) is 4. The first-order valence-electron chi connectivity index (χ1n) is 11.2. The van der Waals surface area contributed by atoms with E-state index in [1.165, 1.54) is 29.2 Å². The van der Waals surface area contributed by atoms with Crippen LogP contribution in [0.2, 0.25) is 0 Å². The molecule has 0 saturated heterocycles. The average Bonchev–Trinajstić information content (AvgIpc) is 3.24. The standard InChI is InChI=1S/C26H18F6N2O5/c27-25(28,29)16-6-4-15(19(11-16)26(30,31)32)12-34-9-8-13-10-14(5-7-20(13)34)22(35)33-21-17(23(36)37)2-1-3-18(21)24(38)39/h1-7,10-11H,8-9,12H2,(H,33,35)(H,36,37)(H,38,39). The Labute approximate surface area is 216 Å². The lowest BCUT2D eigenvalue weighted by atomic mass is 10.0. The molecular formula is C26H18F6N2O5. The first-order valence-corrected chi connectivity index (χ1v) is 11.2. The Kier molecular flexibility index (Phi) is 7.02. The average molecular weight is 552 g/mol. The van der Waals surface area contributed by atoms with Crippen LogP contribution in [0.15, 0.2) is 54.6 Å². The van der Waals surface area contributed by atoms with Crippen molar-refractivity contribution in [3.63, 3.8) is 0 Å². The van der Waals surface area contributed by atoms with Crippen LogP contribution in [0, 0.1) is 0 Å². The summed E-state index contributed by atoms with van der Waals surface area (Å²) in [5, 5.41) is 21.1. The maximum absolute atomic E-state index is 13.6. The van der Waals surface area contributed by atoms with Gasteiger partial charge < -0.3 is 20.4 Å². The number of nitrogens with one attached hydrogen (secondary N) is 1. The fourth-order valence-electron chi connectivity index (χ4n) is 4.36. The lowest BCUT2D eigenvalue weighted by Crippen LogP contribution is -2.23. The Hall–Kier alpha value is -4.55. The Balaban J connectivity index is 1.60. The van der Waals surface area contributed by atoms with Crippen molar-refractivity contribution in [3.8, 4) is 0 Å². The number of para-hydroxylation sites is 1. The molecule has 0 radical (unpaired) electrons. The first-order chi connectivity index (χ1) is 18.2. The largest absolute Gasteiger partial charge is 0.478 e. The predicted octanol–water partition coefficient (Wildman–Crippen LogP) is 5.94. The van der Waals surface area contributed by atoms with E-state index in [-0.39, 0.29) is 30.3 Å². The fraction of sp³-hybridized carbons (Fsp3) is 0.192. The van der Waals surface area contributed by atoms with Crippen molar-refractivity contribution in [2.45, 2.75) is 25.3 Å². The molecule has 0 atom stereocenters. The Bertz CT molecular complexity index is 1450. The topological polar surface area (TPSA) is 107 Å². The molecule has 3 aromatic carbocycles. The van der Waals surface area contributed by atoms with Gasteiger partial charge >= 0.3 is 24.3 Å². The monoisotopic (exact) mass is 552 g/mol. The third kappa shape index (κ3) is 5.66. The molecule has 1 heterocycles. The maximum atomic E-state index is 13.6. The van der Waals surface area contributed by atoms with Crippen LogP contribution < -0.4 is 10.2 Å². The molecule has 3 aromatic rings. The highest BCUT2D eigenvalue weighted by Crippen LogP contribution is 2.39. The summed E-state index contributed by atoms with van der Waals surface area (Å²) in [6, 6.07) is 9.16. The zero-order chi connectivity index (χ0) is 28.7. The molecule has 204 valence electrons. The van der Waals surface area contributed by atoms with Crippen LogP contribution in [-0.2, 0) is 25.3 Å². The normalized spacial score (nSPS) is 13.2. The Morgan fingerprint density at radius 2 is 1.49 bits per heavy atom. The summed E-state index contributed by atoms with van der Waals surface area (Å²) in [4.78, 5) is 37.5. The minimum Gasteiger partial charge on any atom is -0.478 e. The van der Waals surface area contributed by atoms with Crippen molar-refractivity contribution >= 4 is 29.2 Å². The summed E-state index contributed by atoms with van der Waals surface area (Å²) >= 11 is 0. The molecule has 0 saturated carbocycles. The molecular weight excluding hydrogens is 534 g/mol. The molecule has 4 rings (SSSR count). The van der Waals surface area contributed by atoms with Crippen LogP contribution in [0.25, 0.3) is 0 Å². The Morgan fingerprint density at radius 3 is 2.05 bits per heavy atom. The number of nitrogens with zero attached hydrogens (tertiary/aromatic N) is 1. The lowest BCUT2D eigenvalue weighted by molar-refractivity contribution is -0.143. The van der Waals surface area contributed by atoms with E-state index in [9.17, 15) is 50.9 Å². The molecule has 0 spiro atoms. The molecule has 0 bridgehead atoms. The molecule has 0 aliphatic carbocycles. The van der Waals surface area contributed by atoms with Crippen LogP contribution in [0.1, 0.15) is 53.3 Å². The van der Waals surface area contributed by atoms with Gasteiger partial charge in [0.05, 0.1) is 27.9 Å². The fourth-order valence-corrected chi connectivity index (χ4v) is 4.36. The van der Waals surface area contributed by atoms with Crippen LogP contribution in [0.4, 0.5) is 37.7 Å². The molecule has 7 nitrogen and oxygen atoms in total. The number of amides is 1. The van der Waals surface area contributed by atoms with Gasteiger partial charge in [-0.1, -0.05) is 12.1 Å². The molecule has 1 amide bonds. The predicted molar refractivity (Wildman–Crippen MR) is 126 cm³/mol. The van der Waals surface area contributed by atoms with Gasteiger partial charge in [-0.05, 0) is 60.0 Å². The summed E-state index contributed by atoms with van der Waals surface area (Å²) in [6.07, 6.45) is -9.64. The van der Waals surface area contributed by atoms with E-state index in [1.54, 1.807) is 0 Å². The van der Waals surface area contributed by atoms with Gasteiger partial charge in [0.25, 0.3) is 5.91 Å². The number of anilines is 2. The van der Waals surface area contributed by atoms with E-state index in [0.29, 0.717) is 23.7 Å². The van der Waals surface area contributed by atoms with Gasteiger partial charge in [0.2, 0.25) is 0 Å². The Morgan fingerprint density at radius 1 is 0.846 bits per heavy atom. The number of carboxylic acid groups (broad SMARTS) is 2. The van der Waals surface area contributed by atoms with E-state index < -0.39 is 58.1 Å². The number of alkyl halides is 6. The van der Waals surface area contributed by atoms with Crippen molar-refractivity contribution in [2.75, 3.05) is 16.8 Å². The van der Waals surface area contributed by atoms with Gasteiger partial charge in [0.15, 0.2) is 0 Å². The maximum Gasteiger partial charge on any atom is 0.416 e. The number of carbonyl (C=O) groups is 3. The zero-order valence-electron chi connectivity index (χ0n) is 19.7. The van der Waals surface area contributed by atoms with Crippen molar-refractivity contribution in [2.24, 2.45) is 0 Å². The molecule has 39 heavy (non-hydrogen) atoms. The number of benzene rings is 3. The second-order valence-electron chi connectivity index (χ2n) is 8.68. The van der Waals surface area contributed by atoms with Crippen molar-refractivity contribution in [1.82, 2.24) is 0 Å². The number of aromatic carboxylic acids is 2. The third-order valence-corrected chi connectivity index (χ3v) is 6.20. The van der Waals surface area contributed by atoms with Gasteiger partial charge in [-0.3, -0.25) is 4.79 Å². The van der Waals surface area contributed by atoms with Gasteiger partial charge in [0, 0.05) is 24.3 Å². The van der Waals surface area contributed by atoms with E-state index in [0.717, 1.165) is 18.2 Å². The highest BCUT2D eigenvalue weighted by Gasteiger charge is 2.38. The third-order valence-electron chi connectivity index (χ3n) is 6.20. The SMILES string of the molecule is O=C(Nc1c(C(=O)O)cccc1C(=O)O)c1ccc2c(c1)CCN2Cc1ccc(C(F)(F)F)cc1C(F)(F)F. The van der Waals surface area contributed by atoms with Crippen LogP contribution in [-0.4, -0.2) is 34.6 Å². The van der Waals surface area contributed by atoms with Crippen LogP contribution in [0.5, 0.6) is 0 Å². The second-order valence-corrected chi connectivity index (χ2v) is 8.68. The number of carboxylic acids is 2. The van der Waals surface area contributed by atoms with Crippen molar-refractivity contribution in [3.05, 3.63) is 93.5 Å². The first kappa shape index (κ1) is 27.5. The molecule has 1 aliphatic heterocycles. The van der Waals surface area contributed by atoms with Gasteiger partial charge in [0.1, 0.15) is 0 Å². The lowest BCUT2D eigenvalue weighted by Gasteiger charge is -2.23. The van der Waals surface area contributed by atoms with E-state index in [1.807, 2.05) is 0 Å². The van der Waals surface area contributed by atoms with Crippen LogP contribution in [0.3, 0.4) is 0 Å². The summed E-state index contributed by atoms with van der Waals surface area (Å²) in [5.74, 6) is -3.73. The smallest absolute Gasteiger partial charge is 0.416 e. The second kappa shape index (κ2) is 9.97.